The molecular weight excluding hydrogens is 268 g/mol. The highest BCUT2D eigenvalue weighted by atomic mass is 16.3. The van der Waals surface area contributed by atoms with E-state index in [1.807, 2.05) is 39.2 Å². The van der Waals surface area contributed by atoms with Gasteiger partial charge in [-0.3, -0.25) is 9.59 Å². The monoisotopic (exact) mass is 286 g/mol. The lowest BCUT2D eigenvalue weighted by atomic mass is 10.1. The van der Waals surface area contributed by atoms with Crippen LogP contribution in [0.2, 0.25) is 0 Å². The zero-order valence-electron chi connectivity index (χ0n) is 12.3. The maximum absolute atomic E-state index is 11.8. The van der Waals surface area contributed by atoms with Crippen LogP contribution in [0.5, 0.6) is 0 Å². The summed E-state index contributed by atoms with van der Waals surface area (Å²) in [5.41, 5.74) is 2.56. The van der Waals surface area contributed by atoms with Crippen LogP contribution < -0.4 is 5.32 Å². The first-order valence-corrected chi connectivity index (χ1v) is 6.60. The summed E-state index contributed by atoms with van der Waals surface area (Å²) in [6.45, 7) is 2.27. The van der Waals surface area contributed by atoms with E-state index in [0.717, 1.165) is 11.1 Å². The van der Waals surface area contributed by atoms with Crippen LogP contribution in [-0.4, -0.2) is 37.7 Å². The van der Waals surface area contributed by atoms with Crippen molar-refractivity contribution in [3.05, 3.63) is 41.7 Å². The highest BCUT2D eigenvalue weighted by Crippen LogP contribution is 2.28. The highest BCUT2D eigenvalue weighted by molar-refractivity contribution is 5.93. The van der Waals surface area contributed by atoms with Gasteiger partial charge in [-0.1, -0.05) is 6.07 Å². The van der Waals surface area contributed by atoms with Gasteiger partial charge in [-0.05, 0) is 50.8 Å². The van der Waals surface area contributed by atoms with E-state index in [4.69, 9.17) is 4.42 Å². The number of hydrogen-bond acceptors (Lipinski definition) is 4. The number of benzene rings is 1. The van der Waals surface area contributed by atoms with Gasteiger partial charge in [0.1, 0.15) is 5.76 Å². The number of rotatable bonds is 5. The van der Waals surface area contributed by atoms with Gasteiger partial charge in [0, 0.05) is 11.3 Å². The molecule has 1 amide bonds. The van der Waals surface area contributed by atoms with Crippen molar-refractivity contribution in [1.29, 1.82) is 0 Å². The Bertz CT molecular complexity index is 659. The number of furan rings is 1. The zero-order chi connectivity index (χ0) is 15.4. The molecule has 0 saturated heterocycles. The van der Waals surface area contributed by atoms with Crippen molar-refractivity contribution in [2.75, 3.05) is 26.0 Å². The van der Waals surface area contributed by atoms with Gasteiger partial charge in [-0.25, -0.2) is 0 Å². The Morgan fingerprint density at radius 1 is 1.29 bits per heavy atom. The average Bonchev–Trinajstić information content (AvgIpc) is 2.88. The maximum Gasteiger partial charge on any atom is 0.238 e. The number of aldehydes is 1. The Hall–Kier alpha value is -2.40. The second kappa shape index (κ2) is 6.37. The molecule has 0 saturated carbocycles. The third-order valence-corrected chi connectivity index (χ3v) is 2.99. The predicted molar refractivity (Wildman–Crippen MR) is 81.5 cm³/mol. The van der Waals surface area contributed by atoms with Gasteiger partial charge in [0.2, 0.25) is 5.91 Å². The minimum Gasteiger partial charge on any atom is -0.453 e. The van der Waals surface area contributed by atoms with Gasteiger partial charge in [0.15, 0.2) is 12.0 Å². The summed E-state index contributed by atoms with van der Waals surface area (Å²) in [7, 11) is 3.67. The molecule has 0 bridgehead atoms. The van der Waals surface area contributed by atoms with Gasteiger partial charge >= 0.3 is 0 Å². The Labute approximate surface area is 123 Å². The first-order valence-electron chi connectivity index (χ1n) is 6.60. The minimum absolute atomic E-state index is 0.0807. The summed E-state index contributed by atoms with van der Waals surface area (Å²) in [4.78, 5) is 24.3. The minimum atomic E-state index is -0.0807. The molecule has 0 fully saturated rings. The molecule has 110 valence electrons. The molecule has 1 aromatic heterocycles. The molecule has 21 heavy (non-hydrogen) atoms. The van der Waals surface area contributed by atoms with E-state index in [0.29, 0.717) is 24.3 Å². The quantitative estimate of drug-likeness (QED) is 0.858. The number of nitrogens with one attached hydrogen (secondary N) is 1. The summed E-state index contributed by atoms with van der Waals surface area (Å²) in [6.07, 6.45) is 0.668. The van der Waals surface area contributed by atoms with Crippen molar-refractivity contribution in [2.45, 2.75) is 6.92 Å². The standard InChI is InChI=1S/C16H18N2O3/c1-11-4-5-12(17-16(20)9-18(2)3)8-14(11)15-7-6-13(10-19)21-15/h4-8,10H,9H2,1-3H3,(H,17,20). The Balaban J connectivity index is 2.24. The first kappa shape index (κ1) is 15.0. The second-order valence-electron chi connectivity index (χ2n) is 5.14. The molecule has 2 rings (SSSR count). The van der Waals surface area contributed by atoms with Crippen LogP contribution >= 0.6 is 0 Å². The van der Waals surface area contributed by atoms with E-state index < -0.39 is 0 Å². The molecule has 2 aromatic rings. The SMILES string of the molecule is Cc1ccc(NC(=O)CN(C)C)cc1-c1ccc(C=O)o1. The Morgan fingerprint density at radius 2 is 2.05 bits per heavy atom. The fourth-order valence-electron chi connectivity index (χ4n) is 2.01. The molecule has 0 unspecified atom stereocenters. The molecule has 5 heteroatoms. The predicted octanol–water partition coefficient (Wildman–Crippen LogP) is 2.57. The number of nitrogens with zero attached hydrogens (tertiary/aromatic N) is 1. The lowest BCUT2D eigenvalue weighted by molar-refractivity contribution is -0.116. The fraction of sp³-hybridized carbons (Fsp3) is 0.250. The van der Waals surface area contributed by atoms with Crippen molar-refractivity contribution in [3.8, 4) is 11.3 Å². The third-order valence-electron chi connectivity index (χ3n) is 2.99. The molecule has 0 atom stereocenters. The van der Waals surface area contributed by atoms with Crippen molar-refractivity contribution < 1.29 is 14.0 Å². The van der Waals surface area contributed by atoms with E-state index >= 15 is 0 Å². The van der Waals surface area contributed by atoms with Gasteiger partial charge in [0.25, 0.3) is 0 Å². The van der Waals surface area contributed by atoms with Crippen LogP contribution in [-0.2, 0) is 4.79 Å². The smallest absolute Gasteiger partial charge is 0.238 e. The number of carbonyl (C=O) groups is 2. The molecule has 1 heterocycles. The van der Waals surface area contributed by atoms with Gasteiger partial charge in [-0.2, -0.15) is 0 Å². The lowest BCUT2D eigenvalue weighted by Crippen LogP contribution is -2.27. The molecule has 0 aliphatic heterocycles. The zero-order valence-corrected chi connectivity index (χ0v) is 12.3. The van der Waals surface area contributed by atoms with Crippen LogP contribution in [0.3, 0.4) is 0 Å². The van der Waals surface area contributed by atoms with Crippen molar-refractivity contribution in [3.63, 3.8) is 0 Å². The number of carbonyl (C=O) groups excluding carboxylic acids is 2. The summed E-state index contributed by atoms with van der Waals surface area (Å²) in [5, 5.41) is 2.84. The topological polar surface area (TPSA) is 62.6 Å². The van der Waals surface area contributed by atoms with Crippen LogP contribution in [0, 0.1) is 6.92 Å². The fourth-order valence-corrected chi connectivity index (χ4v) is 2.01. The summed E-state index contributed by atoms with van der Waals surface area (Å²) >= 11 is 0. The summed E-state index contributed by atoms with van der Waals surface area (Å²) in [5.74, 6) is 0.813. The number of aryl methyl sites for hydroxylation is 1. The van der Waals surface area contributed by atoms with E-state index in [1.165, 1.54) is 0 Å². The Kier molecular flexibility index (Phi) is 4.55. The molecule has 0 radical (unpaired) electrons. The van der Waals surface area contributed by atoms with E-state index in [9.17, 15) is 9.59 Å². The molecule has 1 N–H and O–H groups in total. The molecule has 0 aliphatic rings. The van der Waals surface area contributed by atoms with E-state index in [2.05, 4.69) is 5.32 Å². The van der Waals surface area contributed by atoms with Crippen LogP contribution in [0.25, 0.3) is 11.3 Å². The lowest BCUT2D eigenvalue weighted by Gasteiger charge is -2.11. The maximum atomic E-state index is 11.8. The average molecular weight is 286 g/mol. The van der Waals surface area contributed by atoms with E-state index in [-0.39, 0.29) is 11.7 Å². The number of amides is 1. The summed E-state index contributed by atoms with van der Waals surface area (Å²) in [6, 6.07) is 8.96. The summed E-state index contributed by atoms with van der Waals surface area (Å²) < 4.78 is 5.44. The largest absolute Gasteiger partial charge is 0.453 e. The molecule has 0 spiro atoms. The van der Waals surface area contributed by atoms with Crippen molar-refractivity contribution in [1.82, 2.24) is 4.90 Å². The third kappa shape index (κ3) is 3.79. The van der Waals surface area contributed by atoms with Crippen LogP contribution in [0.1, 0.15) is 16.1 Å². The van der Waals surface area contributed by atoms with Crippen LogP contribution in [0.15, 0.2) is 34.7 Å². The van der Waals surface area contributed by atoms with E-state index in [1.54, 1.807) is 17.0 Å². The normalized spacial score (nSPS) is 10.7. The molecule has 0 aliphatic carbocycles. The highest BCUT2D eigenvalue weighted by Gasteiger charge is 2.10. The molecule has 5 nitrogen and oxygen atoms in total. The van der Waals surface area contributed by atoms with Gasteiger partial charge < -0.3 is 14.6 Å². The van der Waals surface area contributed by atoms with Gasteiger partial charge in [0.05, 0.1) is 6.54 Å². The number of likely N-dealkylation sites (N-methyl/N-ethyl adjacent to an activating group) is 1. The van der Waals surface area contributed by atoms with Gasteiger partial charge in [-0.15, -0.1) is 0 Å². The second-order valence-corrected chi connectivity index (χ2v) is 5.14. The first-order chi connectivity index (χ1) is 9.99. The van der Waals surface area contributed by atoms with Crippen molar-refractivity contribution in [2.24, 2.45) is 0 Å². The molecule has 1 aromatic carbocycles. The van der Waals surface area contributed by atoms with Crippen molar-refractivity contribution >= 4 is 17.9 Å². The number of hydrogen-bond donors (Lipinski definition) is 1. The molecular formula is C16H18N2O3. The van der Waals surface area contributed by atoms with Crippen LogP contribution in [0.4, 0.5) is 5.69 Å². The Morgan fingerprint density at radius 3 is 2.67 bits per heavy atom. The number of anilines is 1.